The van der Waals surface area contributed by atoms with Crippen molar-refractivity contribution in [3.05, 3.63) is 65.4 Å². The number of benzene rings is 1. The summed E-state index contributed by atoms with van der Waals surface area (Å²) in [5.74, 6) is -1.62. The summed E-state index contributed by atoms with van der Waals surface area (Å²) in [7, 11) is 1.29. The first kappa shape index (κ1) is 26.5. The first-order valence-electron chi connectivity index (χ1n) is 9.84. The SMILES string of the molecule is COC1(NC(=O)Cc2ncc[nH]2)C(=O)N2C(C(=O)O)=C(CSC(=O)c3ccccc3)CS[C@@H]21.[NaH]. The summed E-state index contributed by atoms with van der Waals surface area (Å²) in [5.41, 5.74) is -0.879. The van der Waals surface area contributed by atoms with Gasteiger partial charge in [-0.25, -0.2) is 9.78 Å². The van der Waals surface area contributed by atoms with E-state index in [2.05, 4.69) is 15.3 Å². The second-order valence-electron chi connectivity index (χ2n) is 7.24. The molecule has 1 unspecified atom stereocenters. The predicted octanol–water partition coefficient (Wildman–Crippen LogP) is 0.590. The molecule has 0 saturated carbocycles. The maximum atomic E-state index is 13.1. The molecule has 1 fully saturated rings. The van der Waals surface area contributed by atoms with Crippen LogP contribution in [0.4, 0.5) is 0 Å². The van der Waals surface area contributed by atoms with Crippen LogP contribution >= 0.6 is 23.5 Å². The number of aromatic nitrogens is 2. The average Bonchev–Trinajstić information content (AvgIpc) is 3.33. The van der Waals surface area contributed by atoms with Crippen LogP contribution in [0.15, 0.2) is 54.0 Å². The van der Waals surface area contributed by atoms with E-state index in [0.29, 0.717) is 17.0 Å². The van der Waals surface area contributed by atoms with Crippen LogP contribution in [0.25, 0.3) is 0 Å². The molecular formula is C21H21N4NaO6S2. The Morgan fingerprint density at radius 1 is 1.35 bits per heavy atom. The predicted molar refractivity (Wildman–Crippen MR) is 128 cm³/mol. The minimum atomic E-state index is -1.67. The molecule has 34 heavy (non-hydrogen) atoms. The summed E-state index contributed by atoms with van der Waals surface area (Å²) in [6.45, 7) is 0. The number of carboxylic acids is 1. The Morgan fingerprint density at radius 2 is 2.09 bits per heavy atom. The summed E-state index contributed by atoms with van der Waals surface area (Å²) in [6.07, 6.45) is 3.00. The Bertz CT molecular complexity index is 1130. The fourth-order valence-corrected chi connectivity index (χ4v) is 6.08. The Balaban J connectivity index is 0.00000324. The number of imidazole rings is 1. The number of carbonyl (C=O) groups excluding carboxylic acids is 3. The van der Waals surface area contributed by atoms with Gasteiger partial charge in [0.25, 0.3) is 11.6 Å². The molecule has 3 heterocycles. The van der Waals surface area contributed by atoms with Gasteiger partial charge in [0.2, 0.25) is 11.0 Å². The number of fused-ring (bicyclic) bond motifs is 1. The van der Waals surface area contributed by atoms with Gasteiger partial charge < -0.3 is 20.1 Å². The number of aliphatic carboxylic acids is 1. The molecule has 0 spiro atoms. The van der Waals surface area contributed by atoms with Crippen LogP contribution < -0.4 is 5.32 Å². The Labute approximate surface area is 225 Å². The second-order valence-corrected chi connectivity index (χ2v) is 9.26. The quantitative estimate of drug-likeness (QED) is 0.263. The Morgan fingerprint density at radius 3 is 2.71 bits per heavy atom. The van der Waals surface area contributed by atoms with Gasteiger partial charge >= 0.3 is 35.5 Å². The number of carbonyl (C=O) groups is 4. The van der Waals surface area contributed by atoms with E-state index in [1.165, 1.54) is 25.1 Å². The van der Waals surface area contributed by atoms with E-state index in [1.54, 1.807) is 36.5 Å². The van der Waals surface area contributed by atoms with Crippen LogP contribution in [-0.4, -0.2) is 102 Å². The number of β-lactam (4-membered cyclic amide) rings is 1. The number of thioether (sulfide) groups is 2. The Kier molecular flexibility index (Phi) is 8.66. The molecule has 1 aromatic heterocycles. The molecule has 0 radical (unpaired) electrons. The summed E-state index contributed by atoms with van der Waals surface area (Å²) < 4.78 is 5.42. The molecule has 3 N–H and O–H groups in total. The van der Waals surface area contributed by atoms with Crippen LogP contribution in [0.3, 0.4) is 0 Å². The van der Waals surface area contributed by atoms with Gasteiger partial charge in [0.1, 0.15) is 16.9 Å². The standard InChI is InChI=1S/C21H20N4O6S2.Na.H/c1-31-21(24-15(26)9-14-22-7-8-23-14)19(30)25-16(17(27)28)13(11-33-20(21)25)10-32-18(29)12-5-3-2-4-6-12;;/h2-8,20H,9-11H2,1H3,(H,22,23)(H,24,26)(H,27,28);;/t20-,21?;;/m1../s1. The number of nitrogens with one attached hydrogen (secondary N) is 2. The van der Waals surface area contributed by atoms with Gasteiger partial charge in [-0.3, -0.25) is 19.3 Å². The molecule has 4 rings (SSSR count). The summed E-state index contributed by atoms with van der Waals surface area (Å²) in [6, 6.07) is 8.67. The minimum absolute atomic E-state index is 0. The van der Waals surface area contributed by atoms with Crippen molar-refractivity contribution in [2.45, 2.75) is 17.5 Å². The Hall–Kier alpha value is -2.09. The topological polar surface area (TPSA) is 142 Å². The van der Waals surface area contributed by atoms with Crippen molar-refractivity contribution in [3.63, 3.8) is 0 Å². The van der Waals surface area contributed by atoms with Crippen LogP contribution in [-0.2, 0) is 25.5 Å². The van der Waals surface area contributed by atoms with E-state index < -0.39 is 28.9 Å². The van der Waals surface area contributed by atoms with Crippen LogP contribution in [0.1, 0.15) is 16.2 Å². The van der Waals surface area contributed by atoms with Crippen molar-refractivity contribution in [2.24, 2.45) is 0 Å². The molecule has 2 amide bonds. The molecule has 2 aliphatic heterocycles. The number of H-pyrrole nitrogens is 1. The molecular weight excluding hydrogens is 491 g/mol. The van der Waals surface area contributed by atoms with Gasteiger partial charge in [0, 0.05) is 36.6 Å². The van der Waals surface area contributed by atoms with E-state index in [0.717, 1.165) is 16.7 Å². The molecule has 1 aromatic carbocycles. The van der Waals surface area contributed by atoms with Crippen LogP contribution in [0.2, 0.25) is 0 Å². The summed E-state index contributed by atoms with van der Waals surface area (Å²) in [4.78, 5) is 58.0. The van der Waals surface area contributed by atoms with Gasteiger partial charge in [0.05, 0.1) is 6.42 Å². The molecule has 10 nitrogen and oxygen atoms in total. The second kappa shape index (κ2) is 11.1. The van der Waals surface area contributed by atoms with Crippen molar-refractivity contribution in [2.75, 3.05) is 18.6 Å². The number of ether oxygens (including phenoxy) is 1. The number of rotatable bonds is 8. The van der Waals surface area contributed by atoms with E-state index in [1.807, 2.05) is 0 Å². The van der Waals surface area contributed by atoms with Crippen molar-refractivity contribution < 1.29 is 29.0 Å². The number of methoxy groups -OCH3 is 1. The molecule has 0 bridgehead atoms. The average molecular weight is 513 g/mol. The number of hydrogen-bond acceptors (Lipinski definition) is 8. The fraction of sp³-hybridized carbons (Fsp3) is 0.286. The number of amides is 2. The molecule has 174 valence electrons. The van der Waals surface area contributed by atoms with Gasteiger partial charge in [-0.05, 0) is 5.57 Å². The third kappa shape index (κ3) is 4.97. The van der Waals surface area contributed by atoms with Gasteiger partial charge in [-0.1, -0.05) is 42.1 Å². The maximum absolute atomic E-state index is 13.1. The van der Waals surface area contributed by atoms with E-state index in [9.17, 15) is 24.3 Å². The number of aromatic amines is 1. The number of hydrogen-bond donors (Lipinski definition) is 3. The first-order chi connectivity index (χ1) is 15.9. The van der Waals surface area contributed by atoms with Gasteiger partial charge in [-0.2, -0.15) is 0 Å². The molecule has 2 aliphatic rings. The fourth-order valence-electron chi connectivity index (χ4n) is 3.66. The molecule has 2 aromatic rings. The van der Waals surface area contributed by atoms with Crippen molar-refractivity contribution in [1.82, 2.24) is 20.2 Å². The monoisotopic (exact) mass is 512 g/mol. The summed E-state index contributed by atoms with van der Waals surface area (Å²) in [5, 5.41) is 11.5. The normalized spacial score (nSPS) is 21.3. The third-order valence-corrected chi connectivity index (χ3v) is 7.59. The number of carboxylic acid groups (broad SMARTS) is 1. The van der Waals surface area contributed by atoms with E-state index in [-0.39, 0.29) is 58.3 Å². The molecule has 1 saturated heterocycles. The molecule has 0 aliphatic carbocycles. The van der Waals surface area contributed by atoms with E-state index in [4.69, 9.17) is 4.74 Å². The van der Waals surface area contributed by atoms with Gasteiger partial charge in [-0.15, -0.1) is 11.8 Å². The van der Waals surface area contributed by atoms with E-state index >= 15 is 0 Å². The molecule has 2 atom stereocenters. The van der Waals surface area contributed by atoms with Gasteiger partial charge in [0.15, 0.2) is 0 Å². The van der Waals surface area contributed by atoms with Crippen molar-refractivity contribution in [3.8, 4) is 0 Å². The first-order valence-corrected chi connectivity index (χ1v) is 11.9. The zero-order chi connectivity index (χ0) is 23.6. The van der Waals surface area contributed by atoms with Crippen LogP contribution in [0.5, 0.6) is 0 Å². The zero-order valence-corrected chi connectivity index (χ0v) is 19.1. The third-order valence-electron chi connectivity index (χ3n) is 5.23. The number of nitrogens with zero attached hydrogens (tertiary/aromatic N) is 2. The zero-order valence-electron chi connectivity index (χ0n) is 17.4. The van der Waals surface area contributed by atoms with Crippen LogP contribution in [0, 0.1) is 0 Å². The van der Waals surface area contributed by atoms with Crippen molar-refractivity contribution in [1.29, 1.82) is 0 Å². The van der Waals surface area contributed by atoms with Crippen molar-refractivity contribution >= 4 is 76.0 Å². The molecule has 13 heteroatoms. The summed E-state index contributed by atoms with van der Waals surface area (Å²) >= 11 is 2.25.